The van der Waals surface area contributed by atoms with Crippen LogP contribution in [-0.2, 0) is 16.1 Å². The van der Waals surface area contributed by atoms with Crippen LogP contribution in [0.5, 0.6) is 11.5 Å². The smallest absolute Gasteiger partial charge is 0.331 e. The quantitative estimate of drug-likeness (QED) is 0.646. The molecule has 2 N–H and O–H groups in total. The number of nitrogens with one attached hydrogen (secondary N) is 1. The average molecular weight is 342 g/mol. The first-order valence-electron chi connectivity index (χ1n) is 7.28. The summed E-state index contributed by atoms with van der Waals surface area (Å²) < 4.78 is 10.1. The molecular weight excluding hydrogens is 328 g/mol. The number of urea groups is 1. The normalized spacial score (nSPS) is 16.3. The highest BCUT2D eigenvalue weighted by Crippen LogP contribution is 2.27. The molecule has 1 aliphatic heterocycles. The number of carbonyl (C=O) groups excluding carboxylic acids is 3. The first-order chi connectivity index (χ1) is 12.0. The van der Waals surface area contributed by atoms with Gasteiger partial charge < -0.3 is 14.3 Å². The van der Waals surface area contributed by atoms with Gasteiger partial charge in [0.15, 0.2) is 11.5 Å². The summed E-state index contributed by atoms with van der Waals surface area (Å²) in [7, 11) is 1.41. The molecule has 25 heavy (non-hydrogen) atoms. The van der Waals surface area contributed by atoms with Crippen molar-refractivity contribution in [1.29, 1.82) is 0 Å². The fourth-order valence-corrected chi connectivity index (χ4v) is 2.36. The molecule has 0 atom stereocenters. The summed E-state index contributed by atoms with van der Waals surface area (Å²) >= 11 is 0. The molecule has 0 spiro atoms. The number of imide groups is 2. The minimum Gasteiger partial charge on any atom is -0.504 e. The second-order valence-electron chi connectivity index (χ2n) is 5.22. The number of nitrogens with zero attached hydrogens (tertiary/aromatic N) is 1. The van der Waals surface area contributed by atoms with Gasteiger partial charge in [0.1, 0.15) is 11.3 Å². The monoisotopic (exact) mass is 342 g/mol. The SMILES string of the molecule is COc1ccc(/C=C2\C(=O)NC(=O)N(Cc3ccco3)C2=O)cc1O. The lowest BCUT2D eigenvalue weighted by atomic mass is 10.1. The van der Waals surface area contributed by atoms with Crippen molar-refractivity contribution in [3.05, 3.63) is 53.5 Å². The van der Waals surface area contributed by atoms with Crippen LogP contribution < -0.4 is 10.1 Å². The molecule has 2 heterocycles. The van der Waals surface area contributed by atoms with Crippen molar-refractivity contribution < 1.29 is 28.6 Å². The molecule has 0 unspecified atom stereocenters. The van der Waals surface area contributed by atoms with Gasteiger partial charge in [0.2, 0.25) is 0 Å². The third kappa shape index (κ3) is 3.23. The third-order valence-corrected chi connectivity index (χ3v) is 3.59. The van der Waals surface area contributed by atoms with E-state index in [1.165, 1.54) is 31.6 Å². The Labute approximate surface area is 142 Å². The van der Waals surface area contributed by atoms with Gasteiger partial charge in [-0.25, -0.2) is 4.79 Å². The van der Waals surface area contributed by atoms with Crippen molar-refractivity contribution in [2.45, 2.75) is 6.54 Å². The van der Waals surface area contributed by atoms with E-state index in [1.807, 2.05) is 0 Å². The van der Waals surface area contributed by atoms with Crippen LogP contribution in [0.2, 0.25) is 0 Å². The van der Waals surface area contributed by atoms with E-state index in [0.717, 1.165) is 4.90 Å². The predicted octanol–water partition coefficient (Wildman–Crippen LogP) is 1.66. The maximum atomic E-state index is 12.5. The topological polar surface area (TPSA) is 109 Å². The number of rotatable bonds is 4. The molecule has 0 aliphatic carbocycles. The third-order valence-electron chi connectivity index (χ3n) is 3.59. The first-order valence-corrected chi connectivity index (χ1v) is 7.28. The van der Waals surface area contributed by atoms with Crippen LogP contribution in [0.25, 0.3) is 6.08 Å². The largest absolute Gasteiger partial charge is 0.504 e. The van der Waals surface area contributed by atoms with Crippen LogP contribution in [0.15, 0.2) is 46.6 Å². The van der Waals surface area contributed by atoms with Gasteiger partial charge in [-0.2, -0.15) is 0 Å². The maximum Gasteiger partial charge on any atom is 0.331 e. The van der Waals surface area contributed by atoms with Crippen molar-refractivity contribution in [2.75, 3.05) is 7.11 Å². The lowest BCUT2D eigenvalue weighted by molar-refractivity contribution is -0.130. The minimum atomic E-state index is -0.818. The lowest BCUT2D eigenvalue weighted by Gasteiger charge is -2.25. The van der Waals surface area contributed by atoms with Crippen molar-refractivity contribution in [1.82, 2.24) is 10.2 Å². The molecule has 8 nitrogen and oxygen atoms in total. The molecule has 128 valence electrons. The van der Waals surface area contributed by atoms with Crippen LogP contribution >= 0.6 is 0 Å². The number of phenolic OH excluding ortho intramolecular Hbond substituents is 1. The van der Waals surface area contributed by atoms with Gasteiger partial charge in [0, 0.05) is 0 Å². The number of furan rings is 1. The number of phenols is 1. The summed E-state index contributed by atoms with van der Waals surface area (Å²) in [5.74, 6) is -1.03. The number of barbiturate groups is 1. The Kier molecular flexibility index (Phi) is 4.25. The molecule has 1 aliphatic rings. The highest BCUT2D eigenvalue weighted by atomic mass is 16.5. The van der Waals surface area contributed by atoms with Gasteiger partial charge in [0.25, 0.3) is 11.8 Å². The molecule has 0 bridgehead atoms. The molecule has 8 heteroatoms. The number of hydrogen-bond donors (Lipinski definition) is 2. The lowest BCUT2D eigenvalue weighted by Crippen LogP contribution is -2.53. The first kappa shape index (κ1) is 16.3. The number of benzene rings is 1. The Hall–Kier alpha value is -3.55. The highest BCUT2D eigenvalue weighted by Gasteiger charge is 2.36. The molecule has 3 rings (SSSR count). The fraction of sp³-hybridized carbons (Fsp3) is 0.118. The summed E-state index contributed by atoms with van der Waals surface area (Å²) in [6, 6.07) is 6.84. The van der Waals surface area contributed by atoms with E-state index in [1.54, 1.807) is 18.2 Å². The zero-order valence-corrected chi connectivity index (χ0v) is 13.2. The van der Waals surface area contributed by atoms with Crippen molar-refractivity contribution >= 4 is 23.9 Å². The zero-order valence-electron chi connectivity index (χ0n) is 13.2. The Morgan fingerprint density at radius 3 is 2.72 bits per heavy atom. The second-order valence-corrected chi connectivity index (χ2v) is 5.22. The van der Waals surface area contributed by atoms with E-state index in [4.69, 9.17) is 9.15 Å². The van der Waals surface area contributed by atoms with Crippen LogP contribution in [0, 0.1) is 0 Å². The zero-order chi connectivity index (χ0) is 18.0. The number of amides is 4. The Morgan fingerprint density at radius 1 is 1.28 bits per heavy atom. The molecule has 4 amide bonds. The Morgan fingerprint density at radius 2 is 2.08 bits per heavy atom. The Balaban J connectivity index is 1.91. The molecule has 1 aromatic carbocycles. The number of ether oxygens (including phenoxy) is 1. The van der Waals surface area contributed by atoms with E-state index in [9.17, 15) is 19.5 Å². The number of methoxy groups -OCH3 is 1. The van der Waals surface area contributed by atoms with E-state index < -0.39 is 17.8 Å². The molecule has 2 aromatic rings. The average Bonchev–Trinajstić information content (AvgIpc) is 3.09. The van der Waals surface area contributed by atoms with Gasteiger partial charge in [0.05, 0.1) is 19.9 Å². The van der Waals surface area contributed by atoms with E-state index in [0.29, 0.717) is 11.3 Å². The van der Waals surface area contributed by atoms with Gasteiger partial charge in [-0.3, -0.25) is 19.8 Å². The summed E-state index contributed by atoms with van der Waals surface area (Å²) in [6.07, 6.45) is 2.71. The van der Waals surface area contributed by atoms with Crippen LogP contribution in [-0.4, -0.2) is 35.0 Å². The molecule has 1 aromatic heterocycles. The number of carbonyl (C=O) groups is 3. The minimum absolute atomic E-state index is 0.101. The molecule has 0 radical (unpaired) electrons. The molecule has 1 saturated heterocycles. The van der Waals surface area contributed by atoms with E-state index >= 15 is 0 Å². The van der Waals surface area contributed by atoms with Crippen LogP contribution in [0.3, 0.4) is 0 Å². The number of aromatic hydroxyl groups is 1. The maximum absolute atomic E-state index is 12.5. The summed E-state index contributed by atoms with van der Waals surface area (Å²) in [4.78, 5) is 37.3. The molecular formula is C17H14N2O6. The second kappa shape index (κ2) is 6.52. The standard InChI is InChI=1S/C17H14N2O6/c1-24-14-5-4-10(8-13(14)20)7-12-15(21)18-17(23)19(16(12)22)9-11-3-2-6-25-11/h2-8,20H,9H2,1H3,(H,18,21,23)/b12-7+. The number of hydrogen-bond acceptors (Lipinski definition) is 6. The van der Waals surface area contributed by atoms with E-state index in [-0.39, 0.29) is 23.6 Å². The molecule has 0 saturated carbocycles. The summed E-state index contributed by atoms with van der Waals surface area (Å²) in [5, 5.41) is 11.9. The van der Waals surface area contributed by atoms with Crippen LogP contribution in [0.1, 0.15) is 11.3 Å². The van der Waals surface area contributed by atoms with Crippen LogP contribution in [0.4, 0.5) is 4.79 Å². The highest BCUT2D eigenvalue weighted by molar-refractivity contribution is 6.30. The molecule has 1 fully saturated rings. The van der Waals surface area contributed by atoms with Gasteiger partial charge in [-0.15, -0.1) is 0 Å². The van der Waals surface area contributed by atoms with Gasteiger partial charge in [-0.05, 0) is 35.9 Å². The van der Waals surface area contributed by atoms with Gasteiger partial charge >= 0.3 is 6.03 Å². The van der Waals surface area contributed by atoms with Crippen molar-refractivity contribution in [3.8, 4) is 11.5 Å². The summed E-state index contributed by atoms with van der Waals surface area (Å²) in [6.45, 7) is -0.101. The van der Waals surface area contributed by atoms with Crippen molar-refractivity contribution in [3.63, 3.8) is 0 Å². The Bertz CT molecular complexity index is 869. The summed E-state index contributed by atoms with van der Waals surface area (Å²) in [5.41, 5.74) is 0.180. The van der Waals surface area contributed by atoms with Crippen molar-refractivity contribution in [2.24, 2.45) is 0 Å². The fourth-order valence-electron chi connectivity index (χ4n) is 2.36. The van der Waals surface area contributed by atoms with Gasteiger partial charge in [-0.1, -0.05) is 6.07 Å². The predicted molar refractivity (Wildman–Crippen MR) is 85.4 cm³/mol. The van der Waals surface area contributed by atoms with E-state index in [2.05, 4.69) is 5.32 Å².